The zero-order chi connectivity index (χ0) is 24.5. The highest BCUT2D eigenvalue weighted by Gasteiger charge is 2.50. The van der Waals surface area contributed by atoms with Gasteiger partial charge in [-0.1, -0.05) is 26.0 Å². The van der Waals surface area contributed by atoms with Gasteiger partial charge < -0.3 is 9.84 Å². The number of likely N-dealkylation sites (N-methyl/N-ethyl adjacent to an activating group) is 1. The zero-order valence-electron chi connectivity index (χ0n) is 18.8. The summed E-state index contributed by atoms with van der Waals surface area (Å²) in [7, 11) is 1.21. The van der Waals surface area contributed by atoms with Crippen LogP contribution in [0, 0.1) is 11.8 Å². The summed E-state index contributed by atoms with van der Waals surface area (Å²) in [6.07, 6.45) is -3.54. The third-order valence-electron chi connectivity index (χ3n) is 6.13. The van der Waals surface area contributed by atoms with E-state index in [1.54, 1.807) is 0 Å². The van der Waals surface area contributed by atoms with Crippen LogP contribution in [0.2, 0.25) is 0 Å². The number of ether oxygens (including phenoxy) is 1. The van der Waals surface area contributed by atoms with Crippen molar-refractivity contribution in [2.75, 3.05) is 7.05 Å². The lowest BCUT2D eigenvalue weighted by atomic mass is 9.88. The quantitative estimate of drug-likeness (QED) is 0.644. The third-order valence-corrected chi connectivity index (χ3v) is 6.13. The van der Waals surface area contributed by atoms with E-state index >= 15 is 0 Å². The number of hydrazine groups is 1. The molecule has 10 heteroatoms. The monoisotopic (exact) mass is 470 g/mol. The Kier molecular flexibility index (Phi) is 7.36. The van der Waals surface area contributed by atoms with E-state index in [0.29, 0.717) is 12.8 Å². The molecule has 0 spiro atoms. The van der Waals surface area contributed by atoms with Crippen molar-refractivity contribution >= 4 is 17.8 Å². The largest absolute Gasteiger partial charge is 0.461 e. The first-order valence-corrected chi connectivity index (χ1v) is 11.1. The summed E-state index contributed by atoms with van der Waals surface area (Å²) in [5.41, 5.74) is -1.11. The molecule has 182 valence electrons. The Morgan fingerprint density at radius 3 is 2.39 bits per heavy atom. The van der Waals surface area contributed by atoms with Gasteiger partial charge in [-0.3, -0.25) is 14.6 Å². The molecule has 7 nitrogen and oxygen atoms in total. The lowest BCUT2D eigenvalue weighted by Gasteiger charge is -2.45. The number of carbonyl (C=O) groups excluding carboxylic acids is 3. The van der Waals surface area contributed by atoms with E-state index in [9.17, 15) is 32.7 Å². The molecule has 1 heterocycles. The van der Waals surface area contributed by atoms with Gasteiger partial charge >= 0.3 is 12.1 Å². The van der Waals surface area contributed by atoms with Crippen LogP contribution in [-0.4, -0.2) is 52.2 Å². The average Bonchev–Trinajstić information content (AvgIpc) is 3.25. The van der Waals surface area contributed by atoms with Crippen LogP contribution >= 0.6 is 0 Å². The minimum Gasteiger partial charge on any atom is -0.461 e. The standard InChI is InChI=1S/C23H29F3N2O5/c1-13(2)11-17-19(29)21(31)27(3)28(20(17)30)18(22(32)33-16-9-4-5-10-16)14-7-6-8-15(12-14)23(24,25)26/h6-8,12-13,16-19,29H,4-5,9-11H2,1-3H3. The van der Waals surface area contributed by atoms with E-state index in [1.165, 1.54) is 13.1 Å². The Labute approximate surface area is 190 Å². The van der Waals surface area contributed by atoms with Crippen molar-refractivity contribution in [3.05, 3.63) is 35.4 Å². The van der Waals surface area contributed by atoms with Crippen LogP contribution in [-0.2, 0) is 25.3 Å². The molecule has 1 aliphatic heterocycles. The van der Waals surface area contributed by atoms with Crippen LogP contribution < -0.4 is 0 Å². The Hall–Kier alpha value is -2.62. The maximum Gasteiger partial charge on any atom is 0.416 e. The van der Waals surface area contributed by atoms with Gasteiger partial charge in [0.25, 0.3) is 5.91 Å². The van der Waals surface area contributed by atoms with Gasteiger partial charge in [0, 0.05) is 7.05 Å². The number of carbonyl (C=O) groups is 3. The molecule has 1 saturated heterocycles. The number of halogens is 3. The third kappa shape index (κ3) is 5.31. The predicted octanol–water partition coefficient (Wildman–Crippen LogP) is 3.47. The molecule has 2 aliphatic rings. The number of alkyl halides is 3. The summed E-state index contributed by atoms with van der Waals surface area (Å²) < 4.78 is 45.7. The molecule has 1 aliphatic carbocycles. The molecule has 2 amide bonds. The molecule has 3 unspecified atom stereocenters. The molecule has 33 heavy (non-hydrogen) atoms. The Bertz CT molecular complexity index is 898. The van der Waals surface area contributed by atoms with Crippen LogP contribution in [0.25, 0.3) is 0 Å². The summed E-state index contributed by atoms with van der Waals surface area (Å²) in [6, 6.07) is 2.49. The van der Waals surface area contributed by atoms with E-state index in [4.69, 9.17) is 4.74 Å². The average molecular weight is 470 g/mol. The van der Waals surface area contributed by atoms with Crippen molar-refractivity contribution in [2.24, 2.45) is 11.8 Å². The second-order valence-electron chi connectivity index (χ2n) is 9.09. The fourth-order valence-corrected chi connectivity index (χ4v) is 4.46. The summed E-state index contributed by atoms with van der Waals surface area (Å²) in [5, 5.41) is 12.1. The number of esters is 1. The highest BCUT2D eigenvalue weighted by molar-refractivity contribution is 5.96. The van der Waals surface area contributed by atoms with E-state index in [-0.39, 0.29) is 17.9 Å². The number of aliphatic hydroxyl groups is 1. The smallest absolute Gasteiger partial charge is 0.416 e. The molecule has 1 aromatic rings. The van der Waals surface area contributed by atoms with Gasteiger partial charge in [-0.15, -0.1) is 0 Å². The van der Waals surface area contributed by atoms with Gasteiger partial charge in [-0.2, -0.15) is 13.2 Å². The molecular formula is C23H29F3N2O5. The molecule has 0 bridgehead atoms. The van der Waals surface area contributed by atoms with Crippen molar-refractivity contribution in [3.63, 3.8) is 0 Å². The van der Waals surface area contributed by atoms with Crippen LogP contribution in [0.1, 0.15) is 63.1 Å². The second-order valence-corrected chi connectivity index (χ2v) is 9.09. The van der Waals surface area contributed by atoms with Crippen molar-refractivity contribution in [1.29, 1.82) is 0 Å². The number of rotatable bonds is 6. The summed E-state index contributed by atoms with van der Waals surface area (Å²) in [5.74, 6) is -3.62. The molecule has 3 rings (SSSR count). The van der Waals surface area contributed by atoms with E-state index in [1.807, 2.05) is 13.8 Å². The lowest BCUT2D eigenvalue weighted by Crippen LogP contribution is -2.63. The van der Waals surface area contributed by atoms with E-state index < -0.39 is 53.7 Å². The summed E-state index contributed by atoms with van der Waals surface area (Å²) >= 11 is 0. The van der Waals surface area contributed by atoms with Crippen LogP contribution in [0.4, 0.5) is 13.2 Å². The molecule has 0 aromatic heterocycles. The fraction of sp³-hybridized carbons (Fsp3) is 0.609. The van der Waals surface area contributed by atoms with Crippen molar-refractivity contribution < 1.29 is 37.4 Å². The lowest BCUT2D eigenvalue weighted by molar-refractivity contribution is -0.197. The predicted molar refractivity (Wildman–Crippen MR) is 111 cm³/mol. The highest BCUT2D eigenvalue weighted by atomic mass is 19.4. The number of hydrogen-bond acceptors (Lipinski definition) is 5. The van der Waals surface area contributed by atoms with E-state index in [0.717, 1.165) is 41.1 Å². The summed E-state index contributed by atoms with van der Waals surface area (Å²) in [4.78, 5) is 39.4. The number of nitrogens with zero attached hydrogens (tertiary/aromatic N) is 2. The minimum atomic E-state index is -4.67. The highest BCUT2D eigenvalue weighted by Crippen LogP contribution is 2.36. The van der Waals surface area contributed by atoms with Crippen LogP contribution in [0.5, 0.6) is 0 Å². The maximum absolute atomic E-state index is 13.4. The SMILES string of the molecule is CC(C)CC1C(=O)N(C(C(=O)OC2CCCC2)c2cccc(C(F)(F)F)c2)N(C)C(=O)C1O. The molecule has 3 atom stereocenters. The first kappa shape index (κ1) is 25.0. The van der Waals surface area contributed by atoms with Crippen LogP contribution in [0.3, 0.4) is 0 Å². The number of hydrogen-bond donors (Lipinski definition) is 1. The maximum atomic E-state index is 13.4. The molecule has 2 fully saturated rings. The fourth-order valence-electron chi connectivity index (χ4n) is 4.46. The molecule has 1 N–H and O–H groups in total. The van der Waals surface area contributed by atoms with Crippen molar-refractivity contribution in [1.82, 2.24) is 10.0 Å². The van der Waals surface area contributed by atoms with Gasteiger partial charge in [0.05, 0.1) is 11.5 Å². The molecule has 0 radical (unpaired) electrons. The van der Waals surface area contributed by atoms with Crippen molar-refractivity contribution in [2.45, 2.75) is 70.4 Å². The van der Waals surface area contributed by atoms with Gasteiger partial charge in [-0.25, -0.2) is 9.80 Å². The number of benzene rings is 1. The van der Waals surface area contributed by atoms with Gasteiger partial charge in [0.1, 0.15) is 12.2 Å². The Morgan fingerprint density at radius 1 is 1.18 bits per heavy atom. The molecular weight excluding hydrogens is 441 g/mol. The number of amides is 2. The first-order valence-electron chi connectivity index (χ1n) is 11.1. The second kappa shape index (κ2) is 9.70. The van der Waals surface area contributed by atoms with Gasteiger partial charge in [0.15, 0.2) is 6.04 Å². The normalized spacial score (nSPS) is 23.4. The van der Waals surface area contributed by atoms with Gasteiger partial charge in [0.2, 0.25) is 5.91 Å². The van der Waals surface area contributed by atoms with E-state index in [2.05, 4.69) is 0 Å². The Morgan fingerprint density at radius 2 is 1.82 bits per heavy atom. The molecule has 1 aromatic carbocycles. The van der Waals surface area contributed by atoms with Gasteiger partial charge in [-0.05, 0) is 55.7 Å². The summed E-state index contributed by atoms with van der Waals surface area (Å²) in [6.45, 7) is 3.62. The Balaban J connectivity index is 2.06. The first-order chi connectivity index (χ1) is 15.4. The number of aliphatic hydroxyl groups excluding tert-OH is 1. The topological polar surface area (TPSA) is 87.2 Å². The molecule has 1 saturated carbocycles. The minimum absolute atomic E-state index is 0.0518. The van der Waals surface area contributed by atoms with Crippen molar-refractivity contribution in [3.8, 4) is 0 Å². The van der Waals surface area contributed by atoms with Crippen LogP contribution in [0.15, 0.2) is 24.3 Å². The zero-order valence-corrected chi connectivity index (χ0v) is 18.8.